The zero-order valence-electron chi connectivity index (χ0n) is 14.3. The third kappa shape index (κ3) is 4.82. The Labute approximate surface area is 159 Å². The molecule has 0 aliphatic heterocycles. The molecule has 0 bridgehead atoms. The number of nitrogens with zero attached hydrogens (tertiary/aromatic N) is 3. The summed E-state index contributed by atoms with van der Waals surface area (Å²) >= 11 is 5.85. The Bertz CT molecular complexity index is 838. The molecule has 1 fully saturated rings. The molecule has 10 heteroatoms. The van der Waals surface area contributed by atoms with Crippen LogP contribution in [0.2, 0.25) is 5.02 Å². The molecule has 142 valence electrons. The summed E-state index contributed by atoms with van der Waals surface area (Å²) in [5, 5.41) is 27.0. The largest absolute Gasteiger partial charge is 0.481 e. The molecular formula is C17H18ClN5O4. The third-order valence-electron chi connectivity index (χ3n) is 4.48. The minimum absolute atomic E-state index is 0.0717. The molecule has 3 N–H and O–H groups in total. The maximum atomic E-state index is 11.3. The van der Waals surface area contributed by atoms with Crippen molar-refractivity contribution in [3.8, 4) is 0 Å². The average Bonchev–Trinajstić information content (AvgIpc) is 2.64. The number of anilines is 3. The van der Waals surface area contributed by atoms with Crippen LogP contribution in [0.15, 0.2) is 30.5 Å². The highest BCUT2D eigenvalue weighted by Gasteiger charge is 2.28. The van der Waals surface area contributed by atoms with Gasteiger partial charge in [-0.2, -0.15) is 4.98 Å². The Morgan fingerprint density at radius 2 is 1.89 bits per heavy atom. The second kappa shape index (κ2) is 8.17. The van der Waals surface area contributed by atoms with E-state index in [0.717, 1.165) is 6.20 Å². The maximum absolute atomic E-state index is 11.3. The highest BCUT2D eigenvalue weighted by molar-refractivity contribution is 6.30. The Hall–Kier alpha value is -2.94. The van der Waals surface area contributed by atoms with Crippen LogP contribution in [0.5, 0.6) is 0 Å². The number of hydrogen-bond donors (Lipinski definition) is 3. The SMILES string of the molecule is O=C(O)C1CCC(Nc2nc(Nc3ccc(Cl)cc3)ncc2[N+](=O)[O-])CC1. The number of carboxylic acids is 1. The maximum Gasteiger partial charge on any atom is 0.329 e. The Morgan fingerprint density at radius 1 is 1.22 bits per heavy atom. The third-order valence-corrected chi connectivity index (χ3v) is 4.74. The summed E-state index contributed by atoms with van der Waals surface area (Å²) < 4.78 is 0. The fourth-order valence-electron chi connectivity index (χ4n) is 3.02. The van der Waals surface area contributed by atoms with Gasteiger partial charge >= 0.3 is 11.7 Å². The lowest BCUT2D eigenvalue weighted by Crippen LogP contribution is -2.29. The summed E-state index contributed by atoms with van der Waals surface area (Å²) in [6.45, 7) is 0. The number of hydrogen-bond acceptors (Lipinski definition) is 7. The Morgan fingerprint density at radius 3 is 2.48 bits per heavy atom. The zero-order valence-corrected chi connectivity index (χ0v) is 15.0. The predicted molar refractivity (Wildman–Crippen MR) is 100 cm³/mol. The number of rotatable bonds is 6. The Balaban J connectivity index is 1.75. The van der Waals surface area contributed by atoms with E-state index in [2.05, 4.69) is 20.6 Å². The van der Waals surface area contributed by atoms with Gasteiger partial charge in [0.2, 0.25) is 11.8 Å². The molecule has 0 atom stereocenters. The molecule has 1 heterocycles. The van der Waals surface area contributed by atoms with Crippen molar-refractivity contribution in [1.29, 1.82) is 0 Å². The number of carboxylic acid groups (broad SMARTS) is 1. The van der Waals surface area contributed by atoms with Crippen LogP contribution in [0.1, 0.15) is 25.7 Å². The molecular weight excluding hydrogens is 374 g/mol. The molecule has 0 amide bonds. The molecule has 1 aromatic carbocycles. The Kier molecular flexibility index (Phi) is 5.70. The van der Waals surface area contributed by atoms with Gasteiger partial charge in [0.1, 0.15) is 6.20 Å². The number of nitrogens with one attached hydrogen (secondary N) is 2. The van der Waals surface area contributed by atoms with Gasteiger partial charge in [0.15, 0.2) is 0 Å². The van der Waals surface area contributed by atoms with Gasteiger partial charge in [-0.3, -0.25) is 14.9 Å². The van der Waals surface area contributed by atoms with Crippen LogP contribution in [0.4, 0.5) is 23.1 Å². The van der Waals surface area contributed by atoms with Crippen molar-refractivity contribution in [3.05, 3.63) is 45.6 Å². The van der Waals surface area contributed by atoms with E-state index in [4.69, 9.17) is 16.7 Å². The zero-order chi connectivity index (χ0) is 19.4. The van der Waals surface area contributed by atoms with Crippen molar-refractivity contribution >= 4 is 40.7 Å². The number of carbonyl (C=O) groups is 1. The van der Waals surface area contributed by atoms with Crippen molar-refractivity contribution in [1.82, 2.24) is 9.97 Å². The average molecular weight is 392 g/mol. The van der Waals surface area contributed by atoms with Crippen LogP contribution in [0.25, 0.3) is 0 Å². The van der Waals surface area contributed by atoms with E-state index in [0.29, 0.717) is 36.4 Å². The van der Waals surface area contributed by atoms with Crippen molar-refractivity contribution < 1.29 is 14.8 Å². The highest BCUT2D eigenvalue weighted by atomic mass is 35.5. The van der Waals surface area contributed by atoms with E-state index in [9.17, 15) is 14.9 Å². The van der Waals surface area contributed by atoms with Crippen LogP contribution >= 0.6 is 11.6 Å². The van der Waals surface area contributed by atoms with Crippen LogP contribution < -0.4 is 10.6 Å². The number of nitro groups is 1. The lowest BCUT2D eigenvalue weighted by Gasteiger charge is -2.27. The van der Waals surface area contributed by atoms with Crippen LogP contribution in [-0.2, 0) is 4.79 Å². The number of aliphatic carboxylic acids is 1. The van der Waals surface area contributed by atoms with E-state index in [1.54, 1.807) is 24.3 Å². The molecule has 9 nitrogen and oxygen atoms in total. The van der Waals surface area contributed by atoms with E-state index < -0.39 is 10.9 Å². The minimum Gasteiger partial charge on any atom is -0.481 e. The molecule has 1 aliphatic carbocycles. The van der Waals surface area contributed by atoms with E-state index in [1.165, 1.54) is 0 Å². The molecule has 0 unspecified atom stereocenters. The second-order valence-electron chi connectivity index (χ2n) is 6.35. The molecule has 0 radical (unpaired) electrons. The van der Waals surface area contributed by atoms with Gasteiger partial charge in [-0.1, -0.05) is 11.6 Å². The molecule has 3 rings (SSSR count). The molecule has 0 saturated heterocycles. The van der Waals surface area contributed by atoms with Gasteiger partial charge in [0.25, 0.3) is 0 Å². The molecule has 1 aromatic heterocycles. The molecule has 1 saturated carbocycles. The van der Waals surface area contributed by atoms with Gasteiger partial charge in [-0.15, -0.1) is 0 Å². The van der Waals surface area contributed by atoms with Gasteiger partial charge in [0.05, 0.1) is 10.8 Å². The number of benzene rings is 1. The summed E-state index contributed by atoms with van der Waals surface area (Å²) in [6, 6.07) is 6.82. The van der Waals surface area contributed by atoms with E-state index >= 15 is 0 Å². The first-order chi connectivity index (χ1) is 12.9. The van der Waals surface area contributed by atoms with Crippen LogP contribution in [0, 0.1) is 16.0 Å². The summed E-state index contributed by atoms with van der Waals surface area (Å²) in [5.41, 5.74) is 0.471. The topological polar surface area (TPSA) is 130 Å². The van der Waals surface area contributed by atoms with Gasteiger partial charge in [-0.25, -0.2) is 4.98 Å². The van der Waals surface area contributed by atoms with Crippen molar-refractivity contribution in [2.45, 2.75) is 31.7 Å². The second-order valence-corrected chi connectivity index (χ2v) is 6.78. The summed E-state index contributed by atoms with van der Waals surface area (Å²) in [4.78, 5) is 30.0. The first-order valence-corrected chi connectivity index (χ1v) is 8.83. The van der Waals surface area contributed by atoms with Crippen LogP contribution in [0.3, 0.4) is 0 Å². The van der Waals surface area contributed by atoms with Crippen molar-refractivity contribution in [2.75, 3.05) is 10.6 Å². The van der Waals surface area contributed by atoms with Gasteiger partial charge < -0.3 is 15.7 Å². The molecule has 1 aliphatic rings. The van der Waals surface area contributed by atoms with Crippen molar-refractivity contribution in [3.63, 3.8) is 0 Å². The first-order valence-electron chi connectivity index (χ1n) is 8.45. The van der Waals surface area contributed by atoms with Crippen molar-refractivity contribution in [2.24, 2.45) is 5.92 Å². The summed E-state index contributed by atoms with van der Waals surface area (Å²) in [6.07, 6.45) is 3.43. The smallest absolute Gasteiger partial charge is 0.329 e. The fourth-order valence-corrected chi connectivity index (χ4v) is 3.14. The lowest BCUT2D eigenvalue weighted by atomic mass is 9.86. The lowest BCUT2D eigenvalue weighted by molar-refractivity contribution is -0.384. The summed E-state index contributed by atoms with van der Waals surface area (Å²) in [5.74, 6) is -0.823. The van der Waals surface area contributed by atoms with Crippen LogP contribution in [-0.4, -0.2) is 32.0 Å². The van der Waals surface area contributed by atoms with E-state index in [-0.39, 0.29) is 29.4 Å². The normalized spacial score (nSPS) is 19.3. The highest BCUT2D eigenvalue weighted by Crippen LogP contribution is 2.30. The van der Waals surface area contributed by atoms with E-state index in [1.807, 2.05) is 0 Å². The minimum atomic E-state index is -0.795. The number of aromatic nitrogens is 2. The molecule has 2 aromatic rings. The fraction of sp³-hybridized carbons (Fsp3) is 0.353. The summed E-state index contributed by atoms with van der Waals surface area (Å²) in [7, 11) is 0. The standard InChI is InChI=1S/C17H18ClN5O4/c18-11-3-7-13(8-4-11)21-17-19-9-14(23(26)27)15(22-17)20-12-5-1-10(2-6-12)16(24)25/h3-4,7-10,12H,1-2,5-6H2,(H,24,25)(H2,19,20,21,22). The van der Waals surface area contributed by atoms with Gasteiger partial charge in [0, 0.05) is 16.8 Å². The molecule has 0 spiro atoms. The predicted octanol–water partition coefficient (Wildman–Crippen LogP) is 3.84. The quantitative estimate of drug-likeness (QED) is 0.500. The first kappa shape index (κ1) is 18.8. The number of halogens is 1. The van der Waals surface area contributed by atoms with Gasteiger partial charge in [-0.05, 0) is 49.9 Å². The molecule has 27 heavy (non-hydrogen) atoms. The monoisotopic (exact) mass is 391 g/mol.